The highest BCUT2D eigenvalue weighted by molar-refractivity contribution is 6.89. The predicted octanol–water partition coefficient (Wildman–Crippen LogP) is 15.5. The van der Waals surface area contributed by atoms with Crippen molar-refractivity contribution in [2.24, 2.45) is 0 Å². The molecule has 0 aliphatic rings. The van der Waals surface area contributed by atoms with E-state index in [4.69, 9.17) is 0 Å². The zero-order valence-electron chi connectivity index (χ0n) is 35.4. The summed E-state index contributed by atoms with van der Waals surface area (Å²) in [5.74, 6) is 0. The van der Waals surface area contributed by atoms with Gasteiger partial charge < -0.3 is 9.80 Å². The van der Waals surface area contributed by atoms with E-state index >= 15 is 0 Å². The second-order valence-corrected chi connectivity index (χ2v) is 28.4. The maximum absolute atomic E-state index is 2.50. The molecule has 10 aromatic carbocycles. The molecule has 0 heterocycles. The minimum Gasteiger partial charge on any atom is -0.309 e. The fourth-order valence-electron chi connectivity index (χ4n) is 9.13. The summed E-state index contributed by atoms with van der Waals surface area (Å²) in [6, 6.07) is 72.7. The number of hydrogen-bond donors (Lipinski definition) is 0. The van der Waals surface area contributed by atoms with Gasteiger partial charge in [0.05, 0.1) is 38.9 Å². The molecule has 60 heavy (non-hydrogen) atoms. The maximum Gasteiger partial charge on any atom is 0.0775 e. The fraction of sp³-hybridized carbons (Fsp3) is 0.107. The lowest BCUT2D eigenvalue weighted by atomic mass is 9.93. The van der Waals surface area contributed by atoms with Crippen LogP contribution < -0.4 is 20.2 Å². The molecule has 0 unspecified atom stereocenters. The molecule has 0 aromatic heterocycles. The molecule has 0 N–H and O–H groups in total. The van der Waals surface area contributed by atoms with Crippen LogP contribution in [0.25, 0.3) is 53.9 Å². The van der Waals surface area contributed by atoms with E-state index in [1.165, 1.54) is 81.3 Å². The Morgan fingerprint density at radius 2 is 0.600 bits per heavy atom. The van der Waals surface area contributed by atoms with Gasteiger partial charge in [0.1, 0.15) is 0 Å². The lowest BCUT2D eigenvalue weighted by Crippen LogP contribution is -2.37. The minimum absolute atomic E-state index is 1.16. The second kappa shape index (κ2) is 14.7. The van der Waals surface area contributed by atoms with Crippen LogP contribution in [-0.2, 0) is 0 Å². The van der Waals surface area contributed by atoms with E-state index in [0.717, 1.165) is 17.1 Å². The minimum atomic E-state index is -1.52. The molecule has 292 valence electrons. The van der Waals surface area contributed by atoms with E-state index in [-0.39, 0.29) is 0 Å². The molecule has 0 bridgehead atoms. The number of anilines is 6. The molecule has 4 heteroatoms. The SMILES string of the molecule is C[Si](C)(C)c1ccc(N(c2cccc3ccccc23)c2cc3c4cccc(N(c5ccc([Si](C)(C)C)cc5)c5cccc6ccccc56)c4ccc3c3ccccc23)cc1. The average Bonchev–Trinajstić information content (AvgIpc) is 3.26. The molecular weight excluding hydrogens is 757 g/mol. The summed E-state index contributed by atoms with van der Waals surface area (Å²) < 4.78 is 0. The summed E-state index contributed by atoms with van der Waals surface area (Å²) in [7, 11) is -3.02. The van der Waals surface area contributed by atoms with Crippen LogP contribution >= 0.6 is 0 Å². The number of nitrogens with zero attached hydrogens (tertiary/aromatic N) is 2. The summed E-state index contributed by atoms with van der Waals surface area (Å²) in [6.07, 6.45) is 0. The van der Waals surface area contributed by atoms with Gasteiger partial charge in [-0.25, -0.2) is 0 Å². The Kier molecular flexibility index (Phi) is 9.23. The van der Waals surface area contributed by atoms with Crippen molar-refractivity contribution < 1.29 is 0 Å². The van der Waals surface area contributed by atoms with Gasteiger partial charge in [-0.1, -0.05) is 195 Å². The molecule has 0 spiro atoms. The highest BCUT2D eigenvalue weighted by Crippen LogP contribution is 2.48. The molecule has 10 aromatic rings. The average molecular weight is 807 g/mol. The van der Waals surface area contributed by atoms with Crippen molar-refractivity contribution in [3.05, 3.63) is 194 Å². The van der Waals surface area contributed by atoms with Crippen LogP contribution in [0.15, 0.2) is 194 Å². The first-order valence-electron chi connectivity index (χ1n) is 21.2. The number of fused-ring (bicyclic) bond motifs is 7. The van der Waals surface area contributed by atoms with Gasteiger partial charge in [0.15, 0.2) is 0 Å². The molecule has 0 radical (unpaired) electrons. The zero-order chi connectivity index (χ0) is 41.2. The Balaban J connectivity index is 1.26. The zero-order valence-corrected chi connectivity index (χ0v) is 37.4. The second-order valence-electron chi connectivity index (χ2n) is 18.2. The van der Waals surface area contributed by atoms with Gasteiger partial charge in [0.25, 0.3) is 0 Å². The largest absolute Gasteiger partial charge is 0.309 e. The van der Waals surface area contributed by atoms with Gasteiger partial charge in [-0.2, -0.15) is 0 Å². The molecule has 0 aliphatic heterocycles. The van der Waals surface area contributed by atoms with Gasteiger partial charge in [0.2, 0.25) is 0 Å². The Morgan fingerprint density at radius 3 is 1.12 bits per heavy atom. The van der Waals surface area contributed by atoms with Crippen molar-refractivity contribution in [1.82, 2.24) is 0 Å². The predicted molar refractivity (Wildman–Crippen MR) is 269 cm³/mol. The summed E-state index contributed by atoms with van der Waals surface area (Å²) in [4.78, 5) is 4.98. The number of rotatable bonds is 8. The first kappa shape index (κ1) is 37.8. The third-order valence-electron chi connectivity index (χ3n) is 12.3. The molecule has 0 saturated carbocycles. The van der Waals surface area contributed by atoms with Crippen molar-refractivity contribution in [3.63, 3.8) is 0 Å². The molecule has 0 atom stereocenters. The van der Waals surface area contributed by atoms with Crippen LogP contribution in [0.2, 0.25) is 39.3 Å². The monoisotopic (exact) mass is 806 g/mol. The first-order valence-corrected chi connectivity index (χ1v) is 28.2. The van der Waals surface area contributed by atoms with Crippen molar-refractivity contribution in [2.75, 3.05) is 9.80 Å². The molecule has 0 fully saturated rings. The summed E-state index contributed by atoms with van der Waals surface area (Å²) in [5, 5.41) is 15.2. The van der Waals surface area contributed by atoms with Gasteiger partial charge >= 0.3 is 0 Å². The van der Waals surface area contributed by atoms with E-state index < -0.39 is 16.1 Å². The maximum atomic E-state index is 2.50. The van der Waals surface area contributed by atoms with Crippen LogP contribution in [0.1, 0.15) is 0 Å². The molecule has 0 aliphatic carbocycles. The number of hydrogen-bond acceptors (Lipinski definition) is 2. The Hall–Kier alpha value is -6.47. The molecule has 0 saturated heterocycles. The molecule has 10 rings (SSSR count). The van der Waals surface area contributed by atoms with Gasteiger partial charge in [-0.15, -0.1) is 0 Å². The highest BCUT2D eigenvalue weighted by Gasteiger charge is 2.24. The third kappa shape index (κ3) is 6.57. The lowest BCUT2D eigenvalue weighted by molar-refractivity contribution is 1.31. The van der Waals surface area contributed by atoms with Crippen LogP contribution in [-0.4, -0.2) is 16.1 Å². The van der Waals surface area contributed by atoms with E-state index in [1.807, 2.05) is 0 Å². The van der Waals surface area contributed by atoms with Crippen LogP contribution in [0.4, 0.5) is 34.1 Å². The summed E-state index contributed by atoms with van der Waals surface area (Å²) >= 11 is 0. The van der Waals surface area contributed by atoms with Crippen molar-refractivity contribution >= 4 is 115 Å². The van der Waals surface area contributed by atoms with E-state index in [0.29, 0.717) is 0 Å². The quantitative estimate of drug-likeness (QED) is 0.111. The van der Waals surface area contributed by atoms with Gasteiger partial charge in [0, 0.05) is 32.9 Å². The van der Waals surface area contributed by atoms with Crippen LogP contribution in [0.3, 0.4) is 0 Å². The van der Waals surface area contributed by atoms with E-state index in [2.05, 4.69) is 243 Å². The van der Waals surface area contributed by atoms with E-state index in [9.17, 15) is 0 Å². The Labute approximate surface area is 356 Å². The smallest absolute Gasteiger partial charge is 0.0775 e. The first-order chi connectivity index (χ1) is 29.0. The summed E-state index contributed by atoms with van der Waals surface area (Å²) in [5.41, 5.74) is 6.98. The standard InChI is InChI=1S/C56H50N2Si2/c1-59(2,3)43-32-28-41(29-33-43)57(53-25-13-18-39-16-7-9-20-45(39)53)55-27-15-24-48-51(55)37-36-49-47-22-11-12-23-50(47)56(38-52(48)49)58(42-30-34-44(35-31-42)60(4,5)6)54-26-14-19-40-17-8-10-21-46(40)54/h7-38H,1-6H3. The van der Waals surface area contributed by atoms with Gasteiger partial charge in [-0.3, -0.25) is 0 Å². The topological polar surface area (TPSA) is 6.48 Å². The van der Waals surface area contributed by atoms with Crippen molar-refractivity contribution in [3.8, 4) is 0 Å². The molecule has 2 nitrogen and oxygen atoms in total. The van der Waals surface area contributed by atoms with Crippen molar-refractivity contribution in [2.45, 2.75) is 39.3 Å². The Bertz CT molecular complexity index is 3220. The molecule has 0 amide bonds. The fourth-order valence-corrected chi connectivity index (χ4v) is 11.5. The lowest BCUT2D eigenvalue weighted by Gasteiger charge is -2.30. The summed E-state index contributed by atoms with van der Waals surface area (Å²) in [6.45, 7) is 14.5. The van der Waals surface area contributed by atoms with Crippen LogP contribution in [0, 0.1) is 0 Å². The van der Waals surface area contributed by atoms with Gasteiger partial charge in [-0.05, 0) is 80.8 Å². The van der Waals surface area contributed by atoms with E-state index in [1.54, 1.807) is 0 Å². The molecular formula is C56H50N2Si2. The van der Waals surface area contributed by atoms with Crippen LogP contribution in [0.5, 0.6) is 0 Å². The Morgan fingerprint density at radius 1 is 0.267 bits per heavy atom. The number of benzene rings is 10. The normalized spacial score (nSPS) is 12.2. The highest BCUT2D eigenvalue weighted by atomic mass is 28.3. The van der Waals surface area contributed by atoms with Crippen molar-refractivity contribution in [1.29, 1.82) is 0 Å². The third-order valence-corrected chi connectivity index (χ3v) is 16.5.